The van der Waals surface area contributed by atoms with Crippen LogP contribution in [-0.4, -0.2) is 37.6 Å². The summed E-state index contributed by atoms with van der Waals surface area (Å²) in [5.74, 6) is 0.0520. The van der Waals surface area contributed by atoms with E-state index in [-0.39, 0.29) is 17.9 Å². The number of amides is 2. The molecule has 0 unspecified atom stereocenters. The van der Waals surface area contributed by atoms with E-state index in [4.69, 9.17) is 4.74 Å². The van der Waals surface area contributed by atoms with Gasteiger partial charge < -0.3 is 15.4 Å². The van der Waals surface area contributed by atoms with Gasteiger partial charge in [0.1, 0.15) is 0 Å². The average molecular weight is 447 g/mol. The van der Waals surface area contributed by atoms with E-state index in [1.54, 1.807) is 6.08 Å². The molecule has 174 valence electrons. The van der Waals surface area contributed by atoms with Crippen LogP contribution < -0.4 is 10.6 Å². The number of hydrogen-bond donors (Lipinski definition) is 2. The van der Waals surface area contributed by atoms with Gasteiger partial charge in [-0.15, -0.1) is 6.58 Å². The lowest BCUT2D eigenvalue weighted by Crippen LogP contribution is -2.46. The second-order valence-electron chi connectivity index (χ2n) is 9.26. The summed E-state index contributed by atoms with van der Waals surface area (Å²) in [6.07, 6.45) is 8.22. The Morgan fingerprint density at radius 3 is 2.58 bits per heavy atom. The van der Waals surface area contributed by atoms with Crippen LogP contribution >= 0.6 is 0 Å². The summed E-state index contributed by atoms with van der Waals surface area (Å²) in [6, 6.07) is 16.3. The topological polar surface area (TPSA) is 67.4 Å². The molecular formula is C28H34N2O3. The summed E-state index contributed by atoms with van der Waals surface area (Å²) in [4.78, 5) is 26.0. The molecule has 0 atom stereocenters. The van der Waals surface area contributed by atoms with Crippen LogP contribution in [0.2, 0.25) is 0 Å². The van der Waals surface area contributed by atoms with Crippen LogP contribution in [0.3, 0.4) is 0 Å². The van der Waals surface area contributed by atoms with E-state index in [0.717, 1.165) is 29.5 Å². The second-order valence-corrected chi connectivity index (χ2v) is 9.26. The normalized spacial score (nSPS) is 17.9. The van der Waals surface area contributed by atoms with Crippen molar-refractivity contribution in [3.05, 3.63) is 72.3 Å². The van der Waals surface area contributed by atoms with Crippen LogP contribution in [-0.2, 0) is 16.0 Å². The maximum atomic E-state index is 13.2. The Hall–Kier alpha value is -2.92. The Morgan fingerprint density at radius 1 is 1.06 bits per heavy atom. The van der Waals surface area contributed by atoms with E-state index in [0.29, 0.717) is 44.6 Å². The number of benzene rings is 2. The maximum absolute atomic E-state index is 13.2. The lowest BCUT2D eigenvalue weighted by Gasteiger charge is -2.36. The molecule has 2 aromatic rings. The zero-order chi connectivity index (χ0) is 23.1. The number of ether oxygens (including phenoxy) is 1. The number of rotatable bonds is 8. The van der Waals surface area contributed by atoms with Gasteiger partial charge in [0.15, 0.2) is 0 Å². The molecule has 1 saturated carbocycles. The van der Waals surface area contributed by atoms with Gasteiger partial charge in [0.25, 0.3) is 5.91 Å². The lowest BCUT2D eigenvalue weighted by atomic mass is 9.73. The van der Waals surface area contributed by atoms with Gasteiger partial charge in [0.2, 0.25) is 5.91 Å². The Bertz CT molecular complexity index is 988. The molecule has 0 spiro atoms. The van der Waals surface area contributed by atoms with Crippen LogP contribution in [0, 0.1) is 5.41 Å². The van der Waals surface area contributed by atoms with Crippen molar-refractivity contribution < 1.29 is 14.3 Å². The van der Waals surface area contributed by atoms with Crippen LogP contribution in [0.5, 0.6) is 0 Å². The zero-order valence-electron chi connectivity index (χ0n) is 19.3. The van der Waals surface area contributed by atoms with Crippen molar-refractivity contribution in [2.75, 3.05) is 19.8 Å². The van der Waals surface area contributed by atoms with Crippen LogP contribution in [0.25, 0.3) is 11.1 Å². The van der Waals surface area contributed by atoms with Crippen molar-refractivity contribution in [2.24, 2.45) is 5.41 Å². The Kier molecular flexibility index (Phi) is 7.61. The first-order valence-electron chi connectivity index (χ1n) is 12.1. The minimum Gasteiger partial charge on any atom is -0.381 e. The van der Waals surface area contributed by atoms with Crippen molar-refractivity contribution in [2.45, 2.75) is 51.0 Å². The summed E-state index contributed by atoms with van der Waals surface area (Å²) in [5, 5.41) is 6.20. The molecule has 5 nitrogen and oxygen atoms in total. The highest BCUT2D eigenvalue weighted by atomic mass is 16.5. The molecule has 2 aliphatic rings. The van der Waals surface area contributed by atoms with Crippen molar-refractivity contribution in [3.63, 3.8) is 0 Å². The molecule has 2 fully saturated rings. The van der Waals surface area contributed by atoms with Crippen LogP contribution in [0.15, 0.2) is 61.2 Å². The molecule has 5 heteroatoms. The zero-order valence-corrected chi connectivity index (χ0v) is 19.3. The van der Waals surface area contributed by atoms with Gasteiger partial charge in [-0.05, 0) is 60.9 Å². The molecule has 0 aromatic heterocycles. The quantitative estimate of drug-likeness (QED) is 0.579. The summed E-state index contributed by atoms with van der Waals surface area (Å²) in [6.45, 7) is 5.35. The second kappa shape index (κ2) is 10.8. The standard InChI is InChI=1S/C28H34N2O3/c1-2-16-29-27(32)28(14-17-33-18-15-28)20-23-8-3-6-13-25(23)21-9-7-10-22(19-21)26(31)30-24-11-4-5-12-24/h2-3,6-10,13,19,24H,1,4-5,11-12,14-18,20H2,(H,29,32)(H,30,31). The van der Waals surface area contributed by atoms with E-state index in [1.807, 2.05) is 36.4 Å². The first kappa shape index (κ1) is 23.2. The average Bonchev–Trinajstić information content (AvgIpc) is 3.36. The molecule has 2 amide bonds. The first-order chi connectivity index (χ1) is 16.1. The van der Waals surface area contributed by atoms with Crippen molar-refractivity contribution >= 4 is 11.8 Å². The highest BCUT2D eigenvalue weighted by Crippen LogP contribution is 2.38. The molecule has 1 aliphatic carbocycles. The predicted molar refractivity (Wildman–Crippen MR) is 131 cm³/mol. The summed E-state index contributed by atoms with van der Waals surface area (Å²) in [7, 11) is 0. The van der Waals surface area contributed by atoms with Crippen LogP contribution in [0.4, 0.5) is 0 Å². The third-order valence-corrected chi connectivity index (χ3v) is 7.01. The summed E-state index contributed by atoms with van der Waals surface area (Å²) in [5.41, 5.74) is 3.35. The Labute approximate surface area is 196 Å². The molecule has 0 radical (unpaired) electrons. The minimum absolute atomic E-state index is 0.00839. The molecule has 4 rings (SSSR count). The SMILES string of the molecule is C=CCNC(=O)C1(Cc2ccccc2-c2cccc(C(=O)NC3CCCC3)c2)CCOCC1. The fourth-order valence-corrected chi connectivity index (χ4v) is 5.09. The van der Waals surface area contributed by atoms with E-state index in [1.165, 1.54) is 12.8 Å². The fraction of sp³-hybridized carbons (Fsp3) is 0.429. The van der Waals surface area contributed by atoms with Crippen LogP contribution in [0.1, 0.15) is 54.4 Å². The maximum Gasteiger partial charge on any atom is 0.251 e. The first-order valence-corrected chi connectivity index (χ1v) is 12.1. The summed E-state index contributed by atoms with van der Waals surface area (Å²) < 4.78 is 5.58. The molecule has 33 heavy (non-hydrogen) atoms. The van der Waals surface area contributed by atoms with Crippen molar-refractivity contribution in [3.8, 4) is 11.1 Å². The monoisotopic (exact) mass is 446 g/mol. The largest absolute Gasteiger partial charge is 0.381 e. The van der Waals surface area contributed by atoms with Gasteiger partial charge in [-0.3, -0.25) is 9.59 Å². The predicted octanol–water partition coefficient (Wildman–Crippen LogP) is 4.67. The molecule has 1 heterocycles. The minimum atomic E-state index is -0.505. The molecule has 2 aromatic carbocycles. The Morgan fingerprint density at radius 2 is 1.82 bits per heavy atom. The molecular weight excluding hydrogens is 412 g/mol. The molecule has 2 N–H and O–H groups in total. The van der Waals surface area contributed by atoms with Crippen molar-refractivity contribution in [1.29, 1.82) is 0 Å². The number of nitrogens with one attached hydrogen (secondary N) is 2. The van der Waals surface area contributed by atoms with Gasteiger partial charge in [-0.2, -0.15) is 0 Å². The van der Waals surface area contributed by atoms with Gasteiger partial charge in [-0.1, -0.05) is 55.3 Å². The van der Waals surface area contributed by atoms with E-state index in [2.05, 4.69) is 29.3 Å². The molecule has 1 aliphatic heterocycles. The van der Waals surface area contributed by atoms with E-state index in [9.17, 15) is 9.59 Å². The highest BCUT2D eigenvalue weighted by molar-refractivity contribution is 5.95. The third-order valence-electron chi connectivity index (χ3n) is 7.01. The fourth-order valence-electron chi connectivity index (χ4n) is 5.09. The van der Waals surface area contributed by atoms with E-state index < -0.39 is 5.41 Å². The number of carbonyl (C=O) groups excluding carboxylic acids is 2. The third kappa shape index (κ3) is 5.53. The number of hydrogen-bond acceptors (Lipinski definition) is 3. The Balaban J connectivity index is 1.60. The van der Waals surface area contributed by atoms with Gasteiger partial charge >= 0.3 is 0 Å². The molecule has 0 bridgehead atoms. The van der Waals surface area contributed by atoms with Gasteiger partial charge in [0, 0.05) is 31.4 Å². The van der Waals surface area contributed by atoms with E-state index >= 15 is 0 Å². The van der Waals surface area contributed by atoms with Crippen molar-refractivity contribution in [1.82, 2.24) is 10.6 Å². The highest BCUT2D eigenvalue weighted by Gasteiger charge is 2.40. The van der Waals surface area contributed by atoms with Gasteiger partial charge in [-0.25, -0.2) is 0 Å². The molecule has 1 saturated heterocycles. The number of carbonyl (C=O) groups is 2. The van der Waals surface area contributed by atoms with Gasteiger partial charge in [0.05, 0.1) is 5.41 Å². The smallest absolute Gasteiger partial charge is 0.251 e. The lowest BCUT2D eigenvalue weighted by molar-refractivity contribution is -0.136. The summed E-state index contributed by atoms with van der Waals surface area (Å²) >= 11 is 0.